The molecule has 0 unspecified atom stereocenters. The molecule has 0 saturated carbocycles. The average molecular weight is 349 g/mol. The summed E-state index contributed by atoms with van der Waals surface area (Å²) in [5, 5.41) is 8.59. The molecule has 0 aliphatic heterocycles. The maximum absolute atomic E-state index is 7.53. The van der Waals surface area contributed by atoms with Gasteiger partial charge in [0.15, 0.2) is 0 Å². The number of fused-ring (bicyclic) bond motifs is 1. The lowest BCUT2D eigenvalue weighted by atomic mass is 10.1. The predicted molar refractivity (Wildman–Crippen MR) is 99.7 cm³/mol. The molecule has 0 spiro atoms. The minimum atomic E-state index is 0. The molecule has 0 amide bonds. The Labute approximate surface area is 144 Å². The molecule has 120 valence electrons. The number of hydrogen-bond acceptors (Lipinski definition) is 2. The van der Waals surface area contributed by atoms with E-state index in [1.165, 1.54) is 11.3 Å². The van der Waals surface area contributed by atoms with Crippen molar-refractivity contribution in [1.82, 2.24) is 0 Å². The van der Waals surface area contributed by atoms with E-state index in [9.17, 15) is 0 Å². The van der Waals surface area contributed by atoms with Crippen molar-refractivity contribution in [3.8, 4) is 11.8 Å². The third-order valence-electron chi connectivity index (χ3n) is 2.94. The highest BCUT2D eigenvalue weighted by atomic mass is 35.5. The van der Waals surface area contributed by atoms with E-state index in [1.54, 1.807) is 0 Å². The van der Waals surface area contributed by atoms with Gasteiger partial charge in [0.05, 0.1) is 4.88 Å². The van der Waals surface area contributed by atoms with Crippen molar-refractivity contribution in [2.75, 3.05) is 0 Å². The van der Waals surface area contributed by atoms with Gasteiger partial charge < -0.3 is 16.7 Å². The number of nitrogens with two attached hydrogens (primary N) is 1. The second-order valence-electron chi connectivity index (χ2n) is 4.36. The molecule has 4 nitrogen and oxygen atoms in total. The van der Waals surface area contributed by atoms with Crippen molar-refractivity contribution in [1.29, 1.82) is 5.41 Å². The number of rotatable bonds is 1. The van der Waals surface area contributed by atoms with E-state index in [-0.39, 0.29) is 29.2 Å². The maximum Gasteiger partial charge on any atom is 0.133 e. The van der Waals surface area contributed by atoms with Crippen molar-refractivity contribution in [2.24, 2.45) is 5.73 Å². The van der Waals surface area contributed by atoms with Crippen LogP contribution in [0.5, 0.6) is 0 Å². The third-order valence-corrected chi connectivity index (χ3v) is 4.08. The van der Waals surface area contributed by atoms with Crippen LogP contribution in [0, 0.1) is 17.3 Å². The monoisotopic (exact) mass is 348 g/mol. The molecule has 0 radical (unpaired) electrons. The molecule has 0 atom stereocenters. The predicted octanol–water partition coefficient (Wildman–Crippen LogP) is 2.36. The highest BCUT2D eigenvalue weighted by molar-refractivity contribution is 7.20. The molecule has 0 aliphatic rings. The van der Waals surface area contributed by atoms with Gasteiger partial charge in [-0.2, -0.15) is 0 Å². The molecule has 0 bridgehead atoms. The van der Waals surface area contributed by atoms with E-state index >= 15 is 0 Å². The van der Waals surface area contributed by atoms with Gasteiger partial charge in [0.1, 0.15) is 5.84 Å². The first-order valence-corrected chi connectivity index (χ1v) is 7.00. The van der Waals surface area contributed by atoms with E-state index in [2.05, 4.69) is 11.8 Å². The van der Waals surface area contributed by atoms with Crippen LogP contribution in [-0.4, -0.2) is 16.8 Å². The van der Waals surface area contributed by atoms with E-state index in [0.29, 0.717) is 0 Å². The van der Waals surface area contributed by atoms with Gasteiger partial charge in [0.2, 0.25) is 0 Å². The smallest absolute Gasteiger partial charge is 0.133 e. The summed E-state index contributed by atoms with van der Waals surface area (Å²) in [5.74, 6) is 6.47. The van der Waals surface area contributed by atoms with Crippen LogP contribution in [0.2, 0.25) is 0 Å². The van der Waals surface area contributed by atoms with Crippen LogP contribution in [0.3, 0.4) is 0 Å². The van der Waals surface area contributed by atoms with Crippen molar-refractivity contribution in [3.63, 3.8) is 0 Å². The average Bonchev–Trinajstić information content (AvgIpc) is 2.91. The molecule has 1 heterocycles. The molecule has 2 aromatic carbocycles. The highest BCUT2D eigenvalue weighted by Crippen LogP contribution is 2.27. The third kappa shape index (κ3) is 4.55. The minimum absolute atomic E-state index is 0. The first-order valence-electron chi connectivity index (χ1n) is 6.18. The summed E-state index contributed by atoms with van der Waals surface area (Å²) >= 11 is 1.52. The van der Waals surface area contributed by atoms with Gasteiger partial charge in [-0.15, -0.1) is 23.7 Å². The van der Waals surface area contributed by atoms with Crippen LogP contribution >= 0.6 is 23.7 Å². The molecule has 0 aliphatic carbocycles. The Morgan fingerprint density at radius 1 is 0.957 bits per heavy atom. The summed E-state index contributed by atoms with van der Waals surface area (Å²) in [5.41, 5.74) is 7.51. The van der Waals surface area contributed by atoms with Crippen LogP contribution in [0.25, 0.3) is 10.1 Å². The van der Waals surface area contributed by atoms with Crippen LogP contribution in [0.1, 0.15) is 16.0 Å². The van der Waals surface area contributed by atoms with Gasteiger partial charge >= 0.3 is 0 Å². The Morgan fingerprint density at radius 2 is 1.65 bits per heavy atom. The normalized spacial score (nSPS) is 8.70. The number of benzene rings is 2. The van der Waals surface area contributed by atoms with Gasteiger partial charge in [-0.3, -0.25) is 5.41 Å². The zero-order chi connectivity index (χ0) is 13.9. The highest BCUT2D eigenvalue weighted by Gasteiger charge is 2.06. The molecule has 0 fully saturated rings. The summed E-state index contributed by atoms with van der Waals surface area (Å²) < 4.78 is 1.11. The quantitative estimate of drug-likeness (QED) is 0.392. The van der Waals surface area contributed by atoms with Crippen molar-refractivity contribution in [2.45, 2.75) is 0 Å². The van der Waals surface area contributed by atoms with Gasteiger partial charge in [0.25, 0.3) is 0 Å². The summed E-state index contributed by atoms with van der Waals surface area (Å²) in [4.78, 5) is 0.786. The van der Waals surface area contributed by atoms with E-state index < -0.39 is 0 Å². The topological polar surface area (TPSA) is 113 Å². The zero-order valence-electron chi connectivity index (χ0n) is 12.1. The lowest BCUT2D eigenvalue weighted by molar-refractivity contribution is 0.823. The second-order valence-corrected chi connectivity index (χ2v) is 5.44. The van der Waals surface area contributed by atoms with Gasteiger partial charge in [0, 0.05) is 21.2 Å². The largest absolute Gasteiger partial charge is 0.412 e. The lowest BCUT2D eigenvalue weighted by Gasteiger charge is -1.93. The number of amidine groups is 1. The number of halogens is 1. The number of thiophene rings is 1. The number of hydrogen-bond donors (Lipinski definition) is 2. The van der Waals surface area contributed by atoms with Gasteiger partial charge in [-0.1, -0.05) is 36.1 Å². The Kier molecular flexibility index (Phi) is 8.02. The lowest BCUT2D eigenvalue weighted by Crippen LogP contribution is -2.08. The fourth-order valence-corrected chi connectivity index (χ4v) is 2.91. The van der Waals surface area contributed by atoms with E-state index in [4.69, 9.17) is 11.1 Å². The Balaban J connectivity index is 0.00000161. The van der Waals surface area contributed by atoms with Crippen LogP contribution < -0.4 is 5.73 Å². The van der Waals surface area contributed by atoms with E-state index in [0.717, 1.165) is 26.1 Å². The Morgan fingerprint density at radius 3 is 2.30 bits per heavy atom. The summed E-state index contributed by atoms with van der Waals surface area (Å²) in [7, 11) is 0. The first kappa shape index (κ1) is 20.6. The van der Waals surface area contributed by atoms with Crippen LogP contribution in [0.4, 0.5) is 0 Å². The van der Waals surface area contributed by atoms with Gasteiger partial charge in [-0.25, -0.2) is 0 Å². The van der Waals surface area contributed by atoms with Crippen molar-refractivity contribution >= 4 is 39.7 Å². The molecule has 3 aromatic rings. The number of nitrogens with one attached hydrogen (secondary N) is 1. The second kappa shape index (κ2) is 8.93. The summed E-state index contributed by atoms with van der Waals surface area (Å²) in [6.45, 7) is 0. The summed E-state index contributed by atoms with van der Waals surface area (Å²) in [6, 6.07) is 17.9. The van der Waals surface area contributed by atoms with E-state index in [1.807, 2.05) is 54.6 Å². The molecule has 0 saturated heterocycles. The fraction of sp³-hybridized carbons (Fsp3) is 0. The maximum atomic E-state index is 7.53. The standard InChI is InChI=1S/C17H12N2S.ClH.2H2O/c18-17(19)16-11-14-13(7-4-8-15(14)20-16)10-9-12-5-2-1-3-6-12;;;/h1-8,11H,(H3,18,19);1H;2*1H2. The SMILES string of the molecule is Cl.N=C(N)c1cc2c(C#Cc3ccccc3)cccc2s1.O.O. The minimum Gasteiger partial charge on any atom is -0.412 e. The molecular weight excluding hydrogens is 332 g/mol. The molecule has 7 N–H and O–H groups in total. The fourth-order valence-electron chi connectivity index (χ4n) is 1.96. The summed E-state index contributed by atoms with van der Waals surface area (Å²) in [6.07, 6.45) is 0. The zero-order valence-corrected chi connectivity index (χ0v) is 13.7. The Bertz CT molecular complexity index is 851. The van der Waals surface area contributed by atoms with Crippen molar-refractivity contribution in [3.05, 3.63) is 70.6 Å². The number of nitrogen functional groups attached to an aromatic ring is 1. The molecule has 6 heteroatoms. The van der Waals surface area contributed by atoms with Crippen LogP contribution in [-0.2, 0) is 0 Å². The molecule has 3 rings (SSSR count). The van der Waals surface area contributed by atoms with Crippen molar-refractivity contribution < 1.29 is 11.0 Å². The Hall–Kier alpha value is -2.36. The van der Waals surface area contributed by atoms with Gasteiger partial charge in [-0.05, 0) is 30.3 Å². The molecular formula is C17H17ClN2O2S. The van der Waals surface area contributed by atoms with Crippen LogP contribution in [0.15, 0.2) is 54.6 Å². The molecule has 1 aromatic heterocycles. The molecule has 23 heavy (non-hydrogen) atoms. The first-order chi connectivity index (χ1) is 9.74.